The van der Waals surface area contributed by atoms with Gasteiger partial charge >= 0.3 is 5.97 Å². The molecule has 0 aliphatic carbocycles. The molecule has 0 aliphatic rings. The number of aliphatic hydroxyl groups excluding tert-OH is 1. The van der Waals surface area contributed by atoms with Crippen LogP contribution in [0.1, 0.15) is 41.4 Å². The second-order valence-electron chi connectivity index (χ2n) is 7.83. The molecule has 0 saturated carbocycles. The van der Waals surface area contributed by atoms with Crippen LogP contribution < -0.4 is 15.5 Å². The van der Waals surface area contributed by atoms with Crippen LogP contribution in [0.25, 0.3) is 11.0 Å². The molecule has 3 aromatic rings. The number of nitrogens with one attached hydrogen (secondary N) is 1. The predicted octanol–water partition coefficient (Wildman–Crippen LogP) is 3.21. The molecule has 0 bridgehead atoms. The number of hydrogen-bond donors (Lipinski definition) is 3. The highest BCUT2D eigenvalue weighted by molar-refractivity contribution is 5.93. The zero-order chi connectivity index (χ0) is 22.7. The minimum Gasteiger partial charge on any atom is -0.479 e. The van der Waals surface area contributed by atoms with E-state index in [0.29, 0.717) is 12.2 Å². The van der Waals surface area contributed by atoms with Gasteiger partial charge in [0.05, 0.1) is 30.8 Å². The molecule has 0 radical (unpaired) electrons. The van der Waals surface area contributed by atoms with E-state index >= 15 is 0 Å². The first-order valence-electron chi connectivity index (χ1n) is 10.0. The summed E-state index contributed by atoms with van der Waals surface area (Å²) in [5.41, 5.74) is 1.92. The number of aryl methyl sites for hydroxylation is 1. The number of fused-ring (bicyclic) bond motifs is 1. The van der Waals surface area contributed by atoms with E-state index in [-0.39, 0.29) is 35.0 Å². The summed E-state index contributed by atoms with van der Waals surface area (Å²) in [4.78, 5) is 29.1. The third-order valence-corrected chi connectivity index (χ3v) is 5.31. The summed E-state index contributed by atoms with van der Waals surface area (Å²) in [5.74, 6) is -1.08. The average Bonchev–Trinajstić information content (AvgIpc) is 2.74. The Kier molecular flexibility index (Phi) is 6.60. The zero-order valence-corrected chi connectivity index (χ0v) is 18.0. The zero-order valence-electron chi connectivity index (χ0n) is 18.0. The quantitative estimate of drug-likeness (QED) is 0.508. The van der Waals surface area contributed by atoms with E-state index in [0.717, 1.165) is 11.1 Å². The Bertz CT molecular complexity index is 1150. The lowest BCUT2D eigenvalue weighted by Gasteiger charge is -2.24. The molecular formula is C23H27N3O5. The fourth-order valence-corrected chi connectivity index (χ4v) is 3.47. The van der Waals surface area contributed by atoms with Crippen molar-refractivity contribution >= 4 is 22.7 Å². The first kappa shape index (κ1) is 22.3. The highest BCUT2D eigenvalue weighted by Crippen LogP contribution is 2.29. The summed E-state index contributed by atoms with van der Waals surface area (Å²) in [6.07, 6.45) is 1.25. The van der Waals surface area contributed by atoms with E-state index in [1.165, 1.54) is 13.3 Å². The fraction of sp³-hybridized carbons (Fsp3) is 0.348. The molecule has 3 N–H and O–H groups in total. The number of aliphatic hydroxyl groups is 1. The Morgan fingerprint density at radius 1 is 1.26 bits per heavy atom. The topological polar surface area (TPSA) is 114 Å². The summed E-state index contributed by atoms with van der Waals surface area (Å²) in [6, 6.07) is 9.11. The molecule has 0 fully saturated rings. The maximum Gasteiger partial charge on any atom is 0.341 e. The molecule has 2 aromatic heterocycles. The second kappa shape index (κ2) is 9.18. The van der Waals surface area contributed by atoms with Crippen LogP contribution in [0.15, 0.2) is 41.3 Å². The van der Waals surface area contributed by atoms with Crippen LogP contribution in [0.3, 0.4) is 0 Å². The number of hydrogen-bond acceptors (Lipinski definition) is 6. The molecular weight excluding hydrogens is 398 g/mol. The number of nitrogens with zero attached hydrogens (tertiary/aromatic N) is 2. The third kappa shape index (κ3) is 4.54. The normalized spacial score (nSPS) is 12.2. The molecule has 1 atom stereocenters. The number of methoxy groups -OCH3 is 1. The van der Waals surface area contributed by atoms with Crippen molar-refractivity contribution < 1.29 is 19.7 Å². The lowest BCUT2D eigenvalue weighted by Crippen LogP contribution is -2.26. The molecule has 0 spiro atoms. The maximum absolute atomic E-state index is 12.9. The van der Waals surface area contributed by atoms with E-state index < -0.39 is 17.4 Å². The Labute approximate surface area is 180 Å². The number of pyridine rings is 2. The molecule has 0 aliphatic heterocycles. The van der Waals surface area contributed by atoms with Crippen LogP contribution in [0.2, 0.25) is 0 Å². The van der Waals surface area contributed by atoms with Gasteiger partial charge in [0.2, 0.25) is 11.3 Å². The van der Waals surface area contributed by atoms with Gasteiger partial charge in [0.1, 0.15) is 11.2 Å². The predicted molar refractivity (Wildman–Crippen MR) is 119 cm³/mol. The molecule has 0 unspecified atom stereocenters. The third-order valence-electron chi connectivity index (χ3n) is 5.31. The van der Waals surface area contributed by atoms with E-state index in [2.05, 4.69) is 10.3 Å². The van der Waals surface area contributed by atoms with Crippen LogP contribution in [-0.4, -0.2) is 39.5 Å². The van der Waals surface area contributed by atoms with Gasteiger partial charge in [0.25, 0.3) is 0 Å². The largest absolute Gasteiger partial charge is 0.479 e. The van der Waals surface area contributed by atoms with Gasteiger partial charge < -0.3 is 24.8 Å². The van der Waals surface area contributed by atoms with Crippen molar-refractivity contribution in [1.29, 1.82) is 0 Å². The summed E-state index contributed by atoms with van der Waals surface area (Å²) in [6.45, 7) is 6.06. The van der Waals surface area contributed by atoms with Crippen LogP contribution in [-0.2, 0) is 6.54 Å². The van der Waals surface area contributed by atoms with E-state index in [1.54, 1.807) is 10.6 Å². The van der Waals surface area contributed by atoms with Crippen molar-refractivity contribution in [3.8, 4) is 5.88 Å². The molecule has 0 amide bonds. The summed E-state index contributed by atoms with van der Waals surface area (Å²) in [5, 5.41) is 22.8. The van der Waals surface area contributed by atoms with Gasteiger partial charge in [-0.15, -0.1) is 0 Å². The fourth-order valence-electron chi connectivity index (χ4n) is 3.47. The van der Waals surface area contributed by atoms with Crippen molar-refractivity contribution in [1.82, 2.24) is 9.55 Å². The minimum absolute atomic E-state index is 0.0236. The van der Waals surface area contributed by atoms with Gasteiger partial charge in [-0.1, -0.05) is 43.7 Å². The van der Waals surface area contributed by atoms with Crippen LogP contribution in [0, 0.1) is 12.8 Å². The number of anilines is 1. The smallest absolute Gasteiger partial charge is 0.341 e. The van der Waals surface area contributed by atoms with E-state index in [4.69, 9.17) is 4.74 Å². The highest BCUT2D eigenvalue weighted by atomic mass is 16.5. The van der Waals surface area contributed by atoms with E-state index in [1.807, 2.05) is 45.0 Å². The monoisotopic (exact) mass is 425 g/mol. The van der Waals surface area contributed by atoms with Crippen LogP contribution >= 0.6 is 0 Å². The van der Waals surface area contributed by atoms with Crippen molar-refractivity contribution in [3.63, 3.8) is 0 Å². The molecule has 8 heteroatoms. The van der Waals surface area contributed by atoms with Gasteiger partial charge in [0, 0.05) is 12.7 Å². The number of carbonyl (C=O) groups is 1. The Hall–Kier alpha value is -3.39. The standard InChI is InChI=1S/C23H27N3O5/c1-13(2)19(12-27)26-11-17(23(29)30)20(28)16-9-18(22(31-4)25-21(16)26)24-10-15-7-5-14(3)6-8-15/h5-9,11,13,19,24,27H,10,12H2,1-4H3,(H,29,30)/t19-/m1/s1. The lowest BCUT2D eigenvalue weighted by molar-refractivity contribution is 0.0694. The van der Waals surface area contributed by atoms with E-state index in [9.17, 15) is 19.8 Å². The van der Waals surface area contributed by atoms with Crippen molar-refractivity contribution in [2.75, 3.05) is 19.0 Å². The van der Waals surface area contributed by atoms with Crippen LogP contribution in [0.4, 0.5) is 5.69 Å². The molecule has 31 heavy (non-hydrogen) atoms. The number of carboxylic acid groups (broad SMARTS) is 1. The number of aromatic nitrogens is 2. The summed E-state index contributed by atoms with van der Waals surface area (Å²) in [7, 11) is 1.48. The van der Waals surface area contributed by atoms with Crippen molar-refractivity contribution in [2.45, 2.75) is 33.4 Å². The number of aromatic carboxylic acids is 1. The molecule has 3 rings (SSSR count). The first-order valence-corrected chi connectivity index (χ1v) is 10.0. The molecule has 0 saturated heterocycles. The summed E-state index contributed by atoms with van der Waals surface area (Å²) >= 11 is 0. The Morgan fingerprint density at radius 2 is 1.94 bits per heavy atom. The number of benzene rings is 1. The Morgan fingerprint density at radius 3 is 2.48 bits per heavy atom. The number of ether oxygens (including phenoxy) is 1. The second-order valence-corrected chi connectivity index (χ2v) is 7.83. The molecule has 164 valence electrons. The van der Waals surface area contributed by atoms with Crippen LogP contribution in [0.5, 0.6) is 5.88 Å². The van der Waals surface area contributed by atoms with Crippen molar-refractivity contribution in [3.05, 3.63) is 63.4 Å². The molecule has 2 heterocycles. The lowest BCUT2D eigenvalue weighted by atomic mass is 10.0. The average molecular weight is 425 g/mol. The SMILES string of the molecule is COc1nc2c(cc1NCc1ccc(C)cc1)c(=O)c(C(=O)O)cn2[C@H](CO)C(C)C. The molecule has 1 aromatic carbocycles. The highest BCUT2D eigenvalue weighted by Gasteiger charge is 2.23. The van der Waals surface area contributed by atoms with Gasteiger partial charge in [-0.2, -0.15) is 4.98 Å². The van der Waals surface area contributed by atoms with Gasteiger partial charge in [-0.3, -0.25) is 4.79 Å². The number of carboxylic acids is 1. The Balaban J connectivity index is 2.17. The van der Waals surface area contributed by atoms with Gasteiger partial charge in [0.15, 0.2) is 0 Å². The summed E-state index contributed by atoms with van der Waals surface area (Å²) < 4.78 is 6.99. The van der Waals surface area contributed by atoms with Crippen molar-refractivity contribution in [2.24, 2.45) is 5.92 Å². The number of rotatable bonds is 8. The maximum atomic E-state index is 12.9. The minimum atomic E-state index is -1.33. The van der Waals surface area contributed by atoms with Gasteiger partial charge in [-0.05, 0) is 24.5 Å². The van der Waals surface area contributed by atoms with Gasteiger partial charge in [-0.25, -0.2) is 4.79 Å². The molecule has 8 nitrogen and oxygen atoms in total. The first-order chi connectivity index (χ1) is 14.8.